The first-order valence-electron chi connectivity index (χ1n) is 7.24. The van der Waals surface area contributed by atoms with Crippen LogP contribution in [0, 0.1) is 0 Å². The van der Waals surface area contributed by atoms with Gasteiger partial charge in [-0.15, -0.1) is 11.3 Å². The highest BCUT2D eigenvalue weighted by Crippen LogP contribution is 2.25. The minimum absolute atomic E-state index is 0.238. The summed E-state index contributed by atoms with van der Waals surface area (Å²) < 4.78 is 0. The molecule has 0 amide bonds. The van der Waals surface area contributed by atoms with Crippen molar-refractivity contribution < 1.29 is 0 Å². The van der Waals surface area contributed by atoms with Gasteiger partial charge in [0, 0.05) is 24.9 Å². The number of hydrogen-bond acceptors (Lipinski definition) is 6. The molecule has 0 aliphatic heterocycles. The number of nitrogens with one attached hydrogen (secondary N) is 1. The summed E-state index contributed by atoms with van der Waals surface area (Å²) in [5.41, 5.74) is 0. The summed E-state index contributed by atoms with van der Waals surface area (Å²) in [7, 11) is 3.89. The van der Waals surface area contributed by atoms with Crippen LogP contribution >= 0.6 is 11.3 Å². The van der Waals surface area contributed by atoms with Gasteiger partial charge in [-0.25, -0.2) is 0 Å². The first-order valence-corrected chi connectivity index (χ1v) is 8.12. The molecule has 0 aliphatic carbocycles. The van der Waals surface area contributed by atoms with Crippen molar-refractivity contribution in [1.29, 1.82) is 0 Å². The zero-order chi connectivity index (χ0) is 15.4. The Labute approximate surface area is 130 Å². The van der Waals surface area contributed by atoms with Crippen molar-refractivity contribution in [2.45, 2.75) is 39.2 Å². The number of anilines is 2. The van der Waals surface area contributed by atoms with E-state index >= 15 is 0 Å². The number of rotatable bonds is 6. The molecule has 2 rings (SSSR count). The summed E-state index contributed by atoms with van der Waals surface area (Å²) in [5, 5.41) is 5.54. The maximum Gasteiger partial charge on any atom is 0.229 e. The van der Waals surface area contributed by atoms with Crippen LogP contribution in [-0.4, -0.2) is 29.0 Å². The molecular formula is C15H23N5S. The fourth-order valence-corrected chi connectivity index (χ4v) is 2.78. The lowest BCUT2D eigenvalue weighted by atomic mass is 10.2. The van der Waals surface area contributed by atoms with Crippen LogP contribution in [0.4, 0.5) is 11.9 Å². The third-order valence-corrected chi connectivity index (χ3v) is 4.14. The lowest BCUT2D eigenvalue weighted by Crippen LogP contribution is -2.18. The van der Waals surface area contributed by atoms with Crippen LogP contribution in [0.1, 0.15) is 49.9 Å². The van der Waals surface area contributed by atoms with Crippen molar-refractivity contribution in [3.05, 3.63) is 28.2 Å². The molecule has 0 radical (unpaired) electrons. The first-order chi connectivity index (χ1) is 10.0. The smallest absolute Gasteiger partial charge is 0.229 e. The van der Waals surface area contributed by atoms with E-state index in [9.17, 15) is 0 Å². The molecule has 21 heavy (non-hydrogen) atoms. The summed E-state index contributed by atoms with van der Waals surface area (Å²) in [6.07, 6.45) is 0.987. The van der Waals surface area contributed by atoms with Crippen LogP contribution < -0.4 is 10.2 Å². The van der Waals surface area contributed by atoms with E-state index in [1.165, 1.54) is 4.88 Å². The molecule has 0 aliphatic rings. The normalized spacial score (nSPS) is 12.5. The summed E-state index contributed by atoms with van der Waals surface area (Å²) in [6.45, 7) is 6.35. The lowest BCUT2D eigenvalue weighted by molar-refractivity contribution is 0.722. The lowest BCUT2D eigenvalue weighted by Gasteiger charge is -2.18. The monoisotopic (exact) mass is 305 g/mol. The van der Waals surface area contributed by atoms with Gasteiger partial charge in [-0.3, -0.25) is 0 Å². The molecule has 6 heteroatoms. The molecule has 0 aromatic carbocycles. The number of aromatic nitrogens is 3. The standard InChI is InChI=1S/C15H23N5S/c1-6-11(12-8-7-9-21-12)16-14-17-13(10(2)3)18-15(19-14)20(4)5/h7-11H,6H2,1-5H3,(H,16,17,18,19). The van der Waals surface area contributed by atoms with Crippen molar-refractivity contribution in [3.8, 4) is 0 Å². The molecule has 2 aromatic rings. The van der Waals surface area contributed by atoms with E-state index in [-0.39, 0.29) is 12.0 Å². The highest BCUT2D eigenvalue weighted by Gasteiger charge is 2.15. The Morgan fingerprint density at radius 1 is 1.24 bits per heavy atom. The van der Waals surface area contributed by atoms with E-state index in [0.717, 1.165) is 12.2 Å². The van der Waals surface area contributed by atoms with E-state index in [0.29, 0.717) is 11.9 Å². The molecular weight excluding hydrogens is 282 g/mol. The zero-order valence-electron chi connectivity index (χ0n) is 13.3. The Kier molecular flexibility index (Phi) is 5.12. The molecule has 0 saturated carbocycles. The predicted molar refractivity (Wildman–Crippen MR) is 89.2 cm³/mol. The molecule has 2 aromatic heterocycles. The molecule has 0 saturated heterocycles. The Morgan fingerprint density at radius 3 is 2.52 bits per heavy atom. The SMILES string of the molecule is CCC(Nc1nc(C(C)C)nc(N(C)C)n1)c1cccs1. The topological polar surface area (TPSA) is 53.9 Å². The Balaban J connectivity index is 2.29. The van der Waals surface area contributed by atoms with Gasteiger partial charge in [0.25, 0.3) is 0 Å². The quantitative estimate of drug-likeness (QED) is 0.882. The van der Waals surface area contributed by atoms with Crippen LogP contribution in [0.5, 0.6) is 0 Å². The highest BCUT2D eigenvalue weighted by atomic mass is 32.1. The number of nitrogens with zero attached hydrogens (tertiary/aromatic N) is 4. The molecule has 0 spiro atoms. The van der Waals surface area contributed by atoms with Gasteiger partial charge in [-0.2, -0.15) is 15.0 Å². The number of hydrogen-bond donors (Lipinski definition) is 1. The minimum atomic E-state index is 0.238. The molecule has 1 unspecified atom stereocenters. The second-order valence-electron chi connectivity index (χ2n) is 5.49. The summed E-state index contributed by atoms with van der Waals surface area (Å²) in [6, 6.07) is 4.45. The van der Waals surface area contributed by atoms with Gasteiger partial charge in [-0.05, 0) is 17.9 Å². The molecule has 0 bridgehead atoms. The zero-order valence-corrected chi connectivity index (χ0v) is 14.1. The van der Waals surface area contributed by atoms with Gasteiger partial charge in [0.15, 0.2) is 0 Å². The van der Waals surface area contributed by atoms with Gasteiger partial charge < -0.3 is 10.2 Å². The fraction of sp³-hybridized carbons (Fsp3) is 0.533. The summed E-state index contributed by atoms with van der Waals surface area (Å²) >= 11 is 1.75. The van der Waals surface area contributed by atoms with Crippen LogP contribution in [0.2, 0.25) is 0 Å². The van der Waals surface area contributed by atoms with Crippen molar-refractivity contribution in [2.24, 2.45) is 0 Å². The van der Waals surface area contributed by atoms with Crippen LogP contribution in [0.15, 0.2) is 17.5 Å². The Morgan fingerprint density at radius 2 is 2.00 bits per heavy atom. The van der Waals surface area contributed by atoms with E-state index in [2.05, 4.69) is 58.6 Å². The van der Waals surface area contributed by atoms with Gasteiger partial charge >= 0.3 is 0 Å². The van der Waals surface area contributed by atoms with E-state index in [1.54, 1.807) is 11.3 Å². The van der Waals surface area contributed by atoms with Crippen molar-refractivity contribution in [3.63, 3.8) is 0 Å². The molecule has 1 atom stereocenters. The molecule has 1 N–H and O–H groups in total. The summed E-state index contributed by atoms with van der Waals surface area (Å²) in [5.74, 6) is 2.43. The van der Waals surface area contributed by atoms with E-state index < -0.39 is 0 Å². The molecule has 2 heterocycles. The first kappa shape index (κ1) is 15.7. The second kappa shape index (κ2) is 6.85. The second-order valence-corrected chi connectivity index (χ2v) is 6.47. The van der Waals surface area contributed by atoms with Crippen molar-refractivity contribution >= 4 is 23.2 Å². The summed E-state index contributed by atoms with van der Waals surface area (Å²) in [4.78, 5) is 16.8. The Hall–Kier alpha value is -1.69. The van der Waals surface area contributed by atoms with Gasteiger partial charge in [0.1, 0.15) is 5.82 Å². The average Bonchev–Trinajstić information content (AvgIpc) is 2.98. The fourth-order valence-electron chi connectivity index (χ4n) is 1.92. The van der Waals surface area contributed by atoms with E-state index in [4.69, 9.17) is 0 Å². The maximum absolute atomic E-state index is 4.56. The molecule has 0 fully saturated rings. The maximum atomic E-state index is 4.56. The van der Waals surface area contributed by atoms with Crippen LogP contribution in [0.25, 0.3) is 0 Å². The van der Waals surface area contributed by atoms with Gasteiger partial charge in [-0.1, -0.05) is 26.8 Å². The minimum Gasteiger partial charge on any atom is -0.347 e. The van der Waals surface area contributed by atoms with Crippen LogP contribution in [0.3, 0.4) is 0 Å². The Bertz CT molecular complexity index is 539. The third-order valence-electron chi connectivity index (χ3n) is 3.16. The largest absolute Gasteiger partial charge is 0.347 e. The van der Waals surface area contributed by atoms with Crippen molar-refractivity contribution in [2.75, 3.05) is 24.3 Å². The highest BCUT2D eigenvalue weighted by molar-refractivity contribution is 7.10. The molecule has 5 nitrogen and oxygen atoms in total. The molecule has 114 valence electrons. The predicted octanol–water partition coefficient (Wildman–Crippen LogP) is 3.69. The van der Waals surface area contributed by atoms with Crippen molar-refractivity contribution in [1.82, 2.24) is 15.0 Å². The van der Waals surface area contributed by atoms with Crippen LogP contribution in [-0.2, 0) is 0 Å². The van der Waals surface area contributed by atoms with E-state index in [1.807, 2.05) is 19.0 Å². The van der Waals surface area contributed by atoms with Gasteiger partial charge in [0.05, 0.1) is 6.04 Å². The van der Waals surface area contributed by atoms with Gasteiger partial charge in [0.2, 0.25) is 11.9 Å². The average molecular weight is 305 g/mol. The third kappa shape index (κ3) is 3.91. The number of thiophene rings is 1.